The number of fused-ring (bicyclic) bond motifs is 4. The fourth-order valence-corrected chi connectivity index (χ4v) is 3.57. The Balaban J connectivity index is 1.58. The lowest BCUT2D eigenvalue weighted by Gasteiger charge is -2.17. The number of carbonyl (C=O) groups excluding carboxylic acids is 2. The van der Waals surface area contributed by atoms with E-state index in [0.717, 1.165) is 27.4 Å². The van der Waals surface area contributed by atoms with Crippen molar-refractivity contribution in [1.29, 1.82) is 0 Å². The SMILES string of the molecule is O=C1CCc2cc(C(=O)c3cc4c(ccc5ccccc54)o3)ccc2N1. The number of nitrogens with one attached hydrogen (secondary N) is 1. The molecule has 0 bridgehead atoms. The zero-order valence-corrected chi connectivity index (χ0v) is 13.9. The number of amides is 1. The van der Waals surface area contributed by atoms with Gasteiger partial charge in [0.1, 0.15) is 5.58 Å². The fraction of sp³-hybridized carbons (Fsp3) is 0.0909. The first-order valence-electron chi connectivity index (χ1n) is 8.58. The van der Waals surface area contributed by atoms with Crippen LogP contribution in [0.25, 0.3) is 21.7 Å². The van der Waals surface area contributed by atoms with Gasteiger partial charge in [0, 0.05) is 23.1 Å². The Kier molecular flexibility index (Phi) is 3.19. The molecular weight excluding hydrogens is 326 g/mol. The number of carbonyl (C=O) groups is 2. The summed E-state index contributed by atoms with van der Waals surface area (Å²) in [5.74, 6) is 0.196. The summed E-state index contributed by atoms with van der Waals surface area (Å²) >= 11 is 0. The molecule has 4 aromatic rings. The average molecular weight is 341 g/mol. The molecule has 1 aliphatic heterocycles. The monoisotopic (exact) mass is 341 g/mol. The Labute approximate surface area is 149 Å². The summed E-state index contributed by atoms with van der Waals surface area (Å²) in [6, 6.07) is 19.1. The highest BCUT2D eigenvalue weighted by atomic mass is 16.3. The molecular formula is C22H15NO3. The topological polar surface area (TPSA) is 59.3 Å². The van der Waals surface area contributed by atoms with Gasteiger partial charge in [0.05, 0.1) is 0 Å². The van der Waals surface area contributed by atoms with E-state index in [1.54, 1.807) is 12.1 Å². The summed E-state index contributed by atoms with van der Waals surface area (Å²) in [5, 5.41) is 5.96. The zero-order valence-electron chi connectivity index (χ0n) is 13.9. The third-order valence-electron chi connectivity index (χ3n) is 4.91. The van der Waals surface area contributed by atoms with Crippen LogP contribution in [0.15, 0.2) is 65.1 Å². The van der Waals surface area contributed by atoms with E-state index in [1.165, 1.54) is 0 Å². The molecule has 4 heteroatoms. The molecule has 4 nitrogen and oxygen atoms in total. The van der Waals surface area contributed by atoms with Crippen LogP contribution in [0.4, 0.5) is 5.69 Å². The molecule has 26 heavy (non-hydrogen) atoms. The number of ketones is 1. The molecule has 1 amide bonds. The highest BCUT2D eigenvalue weighted by Gasteiger charge is 2.20. The first-order valence-corrected chi connectivity index (χ1v) is 8.58. The minimum absolute atomic E-state index is 0.0146. The number of aryl methyl sites for hydroxylation is 1. The van der Waals surface area contributed by atoms with E-state index in [-0.39, 0.29) is 11.7 Å². The largest absolute Gasteiger partial charge is 0.453 e. The second-order valence-electron chi connectivity index (χ2n) is 6.56. The number of hydrogen-bond acceptors (Lipinski definition) is 3. The Morgan fingerprint density at radius 3 is 2.73 bits per heavy atom. The van der Waals surface area contributed by atoms with Crippen molar-refractivity contribution in [3.8, 4) is 0 Å². The van der Waals surface area contributed by atoms with Crippen LogP contribution < -0.4 is 5.32 Å². The zero-order chi connectivity index (χ0) is 17.7. The van der Waals surface area contributed by atoms with Gasteiger partial charge < -0.3 is 9.73 Å². The fourth-order valence-electron chi connectivity index (χ4n) is 3.57. The van der Waals surface area contributed by atoms with Gasteiger partial charge in [-0.3, -0.25) is 9.59 Å². The van der Waals surface area contributed by atoms with Crippen molar-refractivity contribution in [3.05, 3.63) is 77.6 Å². The van der Waals surface area contributed by atoms with Crippen LogP contribution >= 0.6 is 0 Å². The van der Waals surface area contributed by atoms with Gasteiger partial charge >= 0.3 is 0 Å². The van der Waals surface area contributed by atoms with E-state index in [0.29, 0.717) is 29.7 Å². The Hall–Kier alpha value is -3.40. The molecule has 0 fully saturated rings. The Morgan fingerprint density at radius 1 is 0.923 bits per heavy atom. The van der Waals surface area contributed by atoms with Crippen LogP contribution in [-0.4, -0.2) is 11.7 Å². The van der Waals surface area contributed by atoms with Crippen LogP contribution in [-0.2, 0) is 11.2 Å². The van der Waals surface area contributed by atoms with E-state index in [4.69, 9.17) is 4.42 Å². The van der Waals surface area contributed by atoms with Gasteiger partial charge in [-0.1, -0.05) is 30.3 Å². The summed E-state index contributed by atoms with van der Waals surface area (Å²) in [6.07, 6.45) is 1.09. The molecule has 0 saturated heterocycles. The second kappa shape index (κ2) is 5.56. The predicted molar refractivity (Wildman–Crippen MR) is 101 cm³/mol. The summed E-state index contributed by atoms with van der Waals surface area (Å²) < 4.78 is 5.83. The highest BCUT2D eigenvalue weighted by molar-refractivity contribution is 6.13. The van der Waals surface area contributed by atoms with Gasteiger partial charge in [0.15, 0.2) is 5.76 Å². The third-order valence-corrected chi connectivity index (χ3v) is 4.91. The van der Waals surface area contributed by atoms with Crippen molar-refractivity contribution < 1.29 is 14.0 Å². The summed E-state index contributed by atoms with van der Waals surface area (Å²) in [7, 11) is 0. The lowest BCUT2D eigenvalue weighted by Crippen LogP contribution is -2.19. The molecule has 0 aliphatic carbocycles. The number of benzene rings is 3. The van der Waals surface area contributed by atoms with Gasteiger partial charge in [-0.25, -0.2) is 0 Å². The van der Waals surface area contributed by atoms with Crippen LogP contribution in [0.2, 0.25) is 0 Å². The van der Waals surface area contributed by atoms with Crippen molar-refractivity contribution in [2.75, 3.05) is 5.32 Å². The van der Waals surface area contributed by atoms with Crippen molar-refractivity contribution >= 4 is 39.1 Å². The van der Waals surface area contributed by atoms with Crippen molar-refractivity contribution in [2.45, 2.75) is 12.8 Å². The van der Waals surface area contributed by atoms with E-state index in [1.807, 2.05) is 48.5 Å². The molecule has 1 aliphatic rings. The first kappa shape index (κ1) is 14.9. The first-order chi connectivity index (χ1) is 12.7. The molecule has 0 unspecified atom stereocenters. The quantitative estimate of drug-likeness (QED) is 0.538. The van der Waals surface area contributed by atoms with E-state index in [2.05, 4.69) is 5.32 Å². The molecule has 0 atom stereocenters. The Bertz CT molecular complexity index is 1200. The molecule has 2 heterocycles. The molecule has 1 N–H and O–H groups in total. The van der Waals surface area contributed by atoms with Gasteiger partial charge in [0.25, 0.3) is 0 Å². The summed E-state index contributed by atoms with van der Waals surface area (Å²) in [5.41, 5.74) is 3.05. The third kappa shape index (κ3) is 2.30. The van der Waals surface area contributed by atoms with Crippen molar-refractivity contribution in [2.24, 2.45) is 0 Å². The van der Waals surface area contributed by atoms with Gasteiger partial charge in [-0.05, 0) is 53.1 Å². The molecule has 126 valence electrons. The van der Waals surface area contributed by atoms with E-state index in [9.17, 15) is 9.59 Å². The number of anilines is 1. The number of furan rings is 1. The Morgan fingerprint density at radius 2 is 1.81 bits per heavy atom. The average Bonchev–Trinajstić information content (AvgIpc) is 3.12. The van der Waals surface area contributed by atoms with Crippen molar-refractivity contribution in [1.82, 2.24) is 0 Å². The molecule has 3 aromatic carbocycles. The van der Waals surface area contributed by atoms with Gasteiger partial charge in [-0.15, -0.1) is 0 Å². The highest BCUT2D eigenvalue weighted by Crippen LogP contribution is 2.30. The van der Waals surface area contributed by atoms with Crippen LogP contribution in [0, 0.1) is 0 Å². The number of hydrogen-bond donors (Lipinski definition) is 1. The molecule has 0 saturated carbocycles. The van der Waals surface area contributed by atoms with Crippen molar-refractivity contribution in [3.63, 3.8) is 0 Å². The lowest BCUT2D eigenvalue weighted by molar-refractivity contribution is -0.116. The van der Waals surface area contributed by atoms with Crippen LogP contribution in [0.5, 0.6) is 0 Å². The van der Waals surface area contributed by atoms with Gasteiger partial charge in [-0.2, -0.15) is 0 Å². The number of rotatable bonds is 2. The second-order valence-corrected chi connectivity index (χ2v) is 6.56. The molecule has 5 rings (SSSR count). The van der Waals surface area contributed by atoms with E-state index >= 15 is 0 Å². The maximum atomic E-state index is 12.9. The predicted octanol–water partition coefficient (Wildman–Crippen LogP) is 4.70. The van der Waals surface area contributed by atoms with Crippen LogP contribution in [0.3, 0.4) is 0 Å². The molecule has 0 radical (unpaired) electrons. The summed E-state index contributed by atoms with van der Waals surface area (Å²) in [6.45, 7) is 0. The standard InChI is InChI=1S/C22H15NO3/c24-21-10-7-14-11-15(5-8-18(14)23-21)22(25)20-12-17-16-4-2-1-3-13(16)6-9-19(17)26-20/h1-6,8-9,11-12H,7,10H2,(H,23,24). The summed E-state index contributed by atoms with van der Waals surface area (Å²) in [4.78, 5) is 24.4. The normalized spacial score (nSPS) is 13.6. The lowest BCUT2D eigenvalue weighted by atomic mass is 9.98. The molecule has 1 aromatic heterocycles. The smallest absolute Gasteiger partial charge is 0.228 e. The maximum absolute atomic E-state index is 12.9. The minimum Gasteiger partial charge on any atom is -0.453 e. The molecule has 0 spiro atoms. The minimum atomic E-state index is -0.148. The van der Waals surface area contributed by atoms with Crippen LogP contribution in [0.1, 0.15) is 28.1 Å². The van der Waals surface area contributed by atoms with E-state index < -0.39 is 0 Å². The maximum Gasteiger partial charge on any atom is 0.228 e. The van der Waals surface area contributed by atoms with Gasteiger partial charge in [0.2, 0.25) is 11.7 Å².